The first kappa shape index (κ1) is 11.9. The first-order valence-corrected chi connectivity index (χ1v) is 6.89. The highest BCUT2D eigenvalue weighted by atomic mass is 32.2. The minimum Gasteiger partial charge on any atom is -0.330 e. The van der Waals surface area contributed by atoms with Gasteiger partial charge in [-0.25, -0.2) is 12.7 Å². The molecule has 0 saturated carbocycles. The summed E-state index contributed by atoms with van der Waals surface area (Å²) in [5, 5.41) is 0. The van der Waals surface area contributed by atoms with E-state index in [1.807, 2.05) is 0 Å². The number of hydrogen-bond donors (Lipinski definition) is 1. The van der Waals surface area contributed by atoms with Gasteiger partial charge in [-0.05, 0) is 38.6 Å². The van der Waals surface area contributed by atoms with Crippen LogP contribution in [0.1, 0.15) is 26.2 Å². The van der Waals surface area contributed by atoms with Crippen molar-refractivity contribution in [1.29, 1.82) is 0 Å². The zero-order valence-corrected chi connectivity index (χ0v) is 9.59. The van der Waals surface area contributed by atoms with Crippen LogP contribution in [0, 0.1) is 5.92 Å². The first-order chi connectivity index (χ1) is 6.60. The molecule has 1 aliphatic rings. The molecule has 0 spiro atoms. The van der Waals surface area contributed by atoms with Gasteiger partial charge in [0.05, 0.1) is 5.75 Å². The van der Waals surface area contributed by atoms with Crippen LogP contribution >= 0.6 is 0 Å². The second-order valence-electron chi connectivity index (χ2n) is 3.84. The number of sulfonamides is 1. The van der Waals surface area contributed by atoms with E-state index in [9.17, 15) is 8.42 Å². The summed E-state index contributed by atoms with van der Waals surface area (Å²) in [4.78, 5) is 0. The van der Waals surface area contributed by atoms with E-state index in [2.05, 4.69) is 0 Å². The molecule has 1 heterocycles. The van der Waals surface area contributed by atoms with E-state index in [1.54, 1.807) is 11.2 Å². The van der Waals surface area contributed by atoms with E-state index in [4.69, 9.17) is 5.73 Å². The van der Waals surface area contributed by atoms with Gasteiger partial charge in [0.1, 0.15) is 0 Å². The van der Waals surface area contributed by atoms with Crippen molar-refractivity contribution < 1.29 is 8.42 Å². The zero-order chi connectivity index (χ0) is 10.6. The standard InChI is InChI=1S/C9H20N2O2S/c1-2-14(12,13)11-7-3-4-9(8-11)5-6-10/h9H,2-8,10H2,1H3. The van der Waals surface area contributed by atoms with Gasteiger partial charge in [-0.15, -0.1) is 0 Å². The van der Waals surface area contributed by atoms with Crippen LogP contribution in [0.25, 0.3) is 0 Å². The molecular formula is C9H20N2O2S. The van der Waals surface area contributed by atoms with Gasteiger partial charge in [-0.3, -0.25) is 0 Å². The highest BCUT2D eigenvalue weighted by Gasteiger charge is 2.26. The first-order valence-electron chi connectivity index (χ1n) is 5.28. The van der Waals surface area contributed by atoms with Gasteiger partial charge in [0, 0.05) is 13.1 Å². The maximum absolute atomic E-state index is 11.6. The van der Waals surface area contributed by atoms with E-state index in [0.717, 1.165) is 19.3 Å². The van der Waals surface area contributed by atoms with Crippen molar-refractivity contribution in [3.05, 3.63) is 0 Å². The van der Waals surface area contributed by atoms with Crippen molar-refractivity contribution in [3.8, 4) is 0 Å². The minimum absolute atomic E-state index is 0.211. The van der Waals surface area contributed by atoms with E-state index in [1.165, 1.54) is 0 Å². The number of hydrogen-bond acceptors (Lipinski definition) is 3. The molecule has 0 aromatic carbocycles. The Balaban J connectivity index is 2.56. The lowest BCUT2D eigenvalue weighted by molar-refractivity contribution is 0.258. The molecule has 0 amide bonds. The van der Waals surface area contributed by atoms with Crippen molar-refractivity contribution in [3.63, 3.8) is 0 Å². The average molecular weight is 220 g/mol. The molecule has 1 unspecified atom stereocenters. The van der Waals surface area contributed by atoms with Gasteiger partial charge in [0.25, 0.3) is 0 Å². The quantitative estimate of drug-likeness (QED) is 0.746. The highest BCUT2D eigenvalue weighted by molar-refractivity contribution is 7.89. The SMILES string of the molecule is CCS(=O)(=O)N1CCCC(CCN)C1. The van der Waals surface area contributed by atoms with Crippen molar-refractivity contribution in [1.82, 2.24) is 4.31 Å². The molecule has 0 aliphatic carbocycles. The molecule has 1 fully saturated rings. The van der Waals surface area contributed by atoms with E-state index in [0.29, 0.717) is 25.6 Å². The predicted molar refractivity (Wildman–Crippen MR) is 57.4 cm³/mol. The Kier molecular flexibility index (Phi) is 4.34. The molecule has 4 nitrogen and oxygen atoms in total. The summed E-state index contributed by atoms with van der Waals surface area (Å²) in [6.45, 7) is 3.72. The lowest BCUT2D eigenvalue weighted by atomic mass is 9.96. The van der Waals surface area contributed by atoms with Gasteiger partial charge in [0.2, 0.25) is 10.0 Å². The summed E-state index contributed by atoms with van der Waals surface area (Å²) in [6.07, 6.45) is 3.03. The second-order valence-corrected chi connectivity index (χ2v) is 6.10. The lowest BCUT2D eigenvalue weighted by Crippen LogP contribution is -2.41. The van der Waals surface area contributed by atoms with Crippen LogP contribution in [-0.2, 0) is 10.0 Å². The zero-order valence-electron chi connectivity index (χ0n) is 8.78. The van der Waals surface area contributed by atoms with Gasteiger partial charge < -0.3 is 5.73 Å². The molecule has 0 aromatic rings. The molecule has 1 rings (SSSR count). The number of nitrogens with two attached hydrogens (primary N) is 1. The van der Waals surface area contributed by atoms with Crippen molar-refractivity contribution in [2.24, 2.45) is 11.7 Å². The number of rotatable bonds is 4. The predicted octanol–water partition coefficient (Wildman–Crippen LogP) is 0.397. The molecule has 0 radical (unpaired) electrons. The fourth-order valence-electron chi connectivity index (χ4n) is 1.93. The molecule has 1 saturated heterocycles. The molecule has 2 N–H and O–H groups in total. The fourth-order valence-corrected chi connectivity index (χ4v) is 3.14. The average Bonchev–Trinajstić information content (AvgIpc) is 2.19. The molecule has 84 valence electrons. The normalized spacial score (nSPS) is 25.1. The van der Waals surface area contributed by atoms with Crippen LogP contribution in [0.2, 0.25) is 0 Å². The van der Waals surface area contributed by atoms with Gasteiger partial charge >= 0.3 is 0 Å². The maximum Gasteiger partial charge on any atom is 0.213 e. The molecule has 0 bridgehead atoms. The Morgan fingerprint density at radius 1 is 1.50 bits per heavy atom. The Morgan fingerprint density at radius 3 is 2.79 bits per heavy atom. The van der Waals surface area contributed by atoms with Crippen LogP contribution in [0.15, 0.2) is 0 Å². The highest BCUT2D eigenvalue weighted by Crippen LogP contribution is 2.21. The summed E-state index contributed by atoms with van der Waals surface area (Å²) in [6, 6.07) is 0. The van der Waals surface area contributed by atoms with Crippen molar-refractivity contribution in [2.45, 2.75) is 26.2 Å². The fraction of sp³-hybridized carbons (Fsp3) is 1.00. The third-order valence-corrected chi connectivity index (χ3v) is 4.66. The second kappa shape index (κ2) is 5.09. The summed E-state index contributed by atoms with van der Waals surface area (Å²) >= 11 is 0. The summed E-state index contributed by atoms with van der Waals surface area (Å²) in [5.41, 5.74) is 5.48. The summed E-state index contributed by atoms with van der Waals surface area (Å²) in [5.74, 6) is 0.678. The maximum atomic E-state index is 11.6. The topological polar surface area (TPSA) is 63.4 Å². The van der Waals surface area contributed by atoms with Crippen LogP contribution in [0.3, 0.4) is 0 Å². The van der Waals surface area contributed by atoms with Gasteiger partial charge in [-0.2, -0.15) is 0 Å². The summed E-state index contributed by atoms with van der Waals surface area (Å²) in [7, 11) is -2.98. The van der Waals surface area contributed by atoms with Crippen LogP contribution in [0.4, 0.5) is 0 Å². The van der Waals surface area contributed by atoms with E-state index < -0.39 is 10.0 Å². The van der Waals surface area contributed by atoms with Gasteiger partial charge in [-0.1, -0.05) is 0 Å². The molecule has 0 aromatic heterocycles. The van der Waals surface area contributed by atoms with Crippen LogP contribution < -0.4 is 5.73 Å². The third kappa shape index (κ3) is 2.93. The molecule has 5 heteroatoms. The number of piperidine rings is 1. The Labute approximate surface area is 86.5 Å². The van der Waals surface area contributed by atoms with Crippen molar-refractivity contribution in [2.75, 3.05) is 25.4 Å². The Bertz CT molecular complexity index is 262. The Hall–Kier alpha value is -0.130. The Morgan fingerprint density at radius 2 is 2.21 bits per heavy atom. The van der Waals surface area contributed by atoms with E-state index in [-0.39, 0.29) is 5.75 Å². The smallest absolute Gasteiger partial charge is 0.213 e. The largest absolute Gasteiger partial charge is 0.330 e. The third-order valence-electron chi connectivity index (χ3n) is 2.81. The molecule has 14 heavy (non-hydrogen) atoms. The molecule has 1 aliphatic heterocycles. The summed E-state index contributed by atoms with van der Waals surface area (Å²) < 4.78 is 24.8. The van der Waals surface area contributed by atoms with Crippen LogP contribution in [0.5, 0.6) is 0 Å². The van der Waals surface area contributed by atoms with E-state index >= 15 is 0 Å². The molecule has 1 atom stereocenters. The molecular weight excluding hydrogens is 200 g/mol. The monoisotopic (exact) mass is 220 g/mol. The van der Waals surface area contributed by atoms with Crippen LogP contribution in [-0.4, -0.2) is 38.1 Å². The minimum atomic E-state index is -2.98. The van der Waals surface area contributed by atoms with Crippen molar-refractivity contribution >= 4 is 10.0 Å². The number of nitrogens with zero attached hydrogens (tertiary/aromatic N) is 1. The van der Waals surface area contributed by atoms with Gasteiger partial charge in [0.15, 0.2) is 0 Å². The lowest BCUT2D eigenvalue weighted by Gasteiger charge is -2.31.